The van der Waals surface area contributed by atoms with Gasteiger partial charge in [0.1, 0.15) is 10.5 Å². The lowest BCUT2D eigenvalue weighted by Gasteiger charge is -2.12. The summed E-state index contributed by atoms with van der Waals surface area (Å²) in [6.07, 6.45) is 3.49. The number of aryl methyl sites for hydroxylation is 1. The quantitative estimate of drug-likeness (QED) is 0.658. The molecule has 0 saturated heterocycles. The number of pyridine rings is 1. The fourth-order valence-corrected chi connectivity index (χ4v) is 3.72. The highest BCUT2D eigenvalue weighted by Gasteiger charge is 2.21. The van der Waals surface area contributed by atoms with Gasteiger partial charge in [0.05, 0.1) is 11.3 Å². The van der Waals surface area contributed by atoms with Crippen LogP contribution in [0.5, 0.6) is 0 Å². The second kappa shape index (κ2) is 5.97. The molecule has 0 fully saturated rings. The van der Waals surface area contributed by atoms with Gasteiger partial charge in [-0.1, -0.05) is 13.0 Å². The van der Waals surface area contributed by atoms with Gasteiger partial charge in [0, 0.05) is 17.8 Å². The molecule has 0 atom stereocenters. The molecule has 0 aliphatic heterocycles. The van der Waals surface area contributed by atoms with Crippen molar-refractivity contribution in [2.24, 2.45) is 0 Å². The largest absolute Gasteiger partial charge is 0.478 e. The van der Waals surface area contributed by atoms with Crippen molar-refractivity contribution in [1.82, 2.24) is 9.97 Å². The predicted octanol–water partition coefficient (Wildman–Crippen LogP) is 2.62. The molecule has 0 unspecified atom stereocenters. The van der Waals surface area contributed by atoms with Crippen LogP contribution >= 0.6 is 0 Å². The number of rotatable bonds is 5. The molecular formula is C16H15N3O4S. The molecule has 0 bridgehead atoms. The van der Waals surface area contributed by atoms with Gasteiger partial charge in [-0.3, -0.25) is 4.72 Å². The molecule has 3 rings (SSSR count). The van der Waals surface area contributed by atoms with Crippen molar-refractivity contribution in [3.63, 3.8) is 0 Å². The molecule has 0 saturated carbocycles. The smallest absolute Gasteiger partial charge is 0.335 e. The van der Waals surface area contributed by atoms with E-state index in [1.54, 1.807) is 24.4 Å². The molecule has 2 heterocycles. The minimum atomic E-state index is -3.89. The van der Waals surface area contributed by atoms with E-state index in [0.717, 1.165) is 0 Å². The molecule has 2 aromatic heterocycles. The molecule has 3 N–H and O–H groups in total. The van der Waals surface area contributed by atoms with E-state index in [-0.39, 0.29) is 16.1 Å². The lowest BCUT2D eigenvalue weighted by Crippen LogP contribution is -2.14. The Hall–Kier alpha value is -2.87. The Morgan fingerprint density at radius 3 is 2.83 bits per heavy atom. The van der Waals surface area contributed by atoms with E-state index in [1.165, 1.54) is 18.3 Å². The van der Waals surface area contributed by atoms with Crippen LogP contribution < -0.4 is 4.72 Å². The zero-order valence-corrected chi connectivity index (χ0v) is 13.6. The second-order valence-electron chi connectivity index (χ2n) is 5.19. The number of hydrogen-bond donors (Lipinski definition) is 3. The van der Waals surface area contributed by atoms with Gasteiger partial charge in [0.15, 0.2) is 0 Å². The van der Waals surface area contributed by atoms with Crippen LogP contribution in [-0.2, 0) is 16.4 Å². The van der Waals surface area contributed by atoms with Gasteiger partial charge in [0.2, 0.25) is 0 Å². The summed E-state index contributed by atoms with van der Waals surface area (Å²) >= 11 is 0. The average molecular weight is 345 g/mol. The highest BCUT2D eigenvalue weighted by atomic mass is 32.2. The Labute approximate surface area is 138 Å². The summed E-state index contributed by atoms with van der Waals surface area (Å²) in [5.41, 5.74) is 1.45. The summed E-state index contributed by atoms with van der Waals surface area (Å²) in [5, 5.41) is 9.58. The van der Waals surface area contributed by atoms with E-state index in [2.05, 4.69) is 14.7 Å². The second-order valence-corrected chi connectivity index (χ2v) is 6.84. The van der Waals surface area contributed by atoms with Crippen LogP contribution in [0.25, 0.3) is 11.0 Å². The zero-order chi connectivity index (χ0) is 17.3. The molecule has 0 aliphatic carbocycles. The first-order valence-corrected chi connectivity index (χ1v) is 8.72. The average Bonchev–Trinajstić information content (AvgIpc) is 2.99. The normalized spacial score (nSPS) is 11.5. The number of aromatic amines is 1. The number of H-pyrrole nitrogens is 1. The number of carbonyl (C=O) groups is 1. The van der Waals surface area contributed by atoms with E-state index in [9.17, 15) is 13.2 Å². The highest BCUT2D eigenvalue weighted by molar-refractivity contribution is 7.93. The molecular weight excluding hydrogens is 330 g/mol. The van der Waals surface area contributed by atoms with Crippen molar-refractivity contribution in [3.8, 4) is 0 Å². The Bertz CT molecular complexity index is 1020. The van der Waals surface area contributed by atoms with E-state index in [4.69, 9.17) is 5.11 Å². The third-order valence-electron chi connectivity index (χ3n) is 3.68. The first kappa shape index (κ1) is 16.0. The number of hydrogen-bond acceptors (Lipinski definition) is 4. The topological polar surface area (TPSA) is 112 Å². The third-order valence-corrected chi connectivity index (χ3v) is 5.09. The van der Waals surface area contributed by atoms with Crippen molar-refractivity contribution in [1.29, 1.82) is 0 Å². The number of anilines is 1. The van der Waals surface area contributed by atoms with Crippen LogP contribution in [0, 0.1) is 0 Å². The lowest BCUT2D eigenvalue weighted by atomic mass is 10.1. The summed E-state index contributed by atoms with van der Waals surface area (Å²) in [6.45, 7) is 1.86. The molecule has 0 amide bonds. The van der Waals surface area contributed by atoms with Crippen molar-refractivity contribution in [2.75, 3.05) is 4.72 Å². The fraction of sp³-hybridized carbons (Fsp3) is 0.125. The van der Waals surface area contributed by atoms with E-state index >= 15 is 0 Å². The van der Waals surface area contributed by atoms with E-state index in [1.807, 2.05) is 6.92 Å². The maximum absolute atomic E-state index is 12.7. The van der Waals surface area contributed by atoms with Crippen molar-refractivity contribution in [3.05, 3.63) is 53.9 Å². The number of fused-ring (bicyclic) bond motifs is 1. The van der Waals surface area contributed by atoms with Gasteiger partial charge < -0.3 is 10.1 Å². The standard InChI is InChI=1S/C16H15N3O4S/c1-2-10-5-6-11(16(20)21)8-13(10)19-24(22,23)14-9-18-15-12(14)4-3-7-17-15/h3-9,19H,2H2,1H3,(H,17,18)(H,20,21). The van der Waals surface area contributed by atoms with Crippen molar-refractivity contribution < 1.29 is 18.3 Å². The molecule has 0 spiro atoms. The van der Waals surface area contributed by atoms with Gasteiger partial charge in [-0.15, -0.1) is 0 Å². The van der Waals surface area contributed by atoms with Crippen molar-refractivity contribution in [2.45, 2.75) is 18.2 Å². The van der Waals surface area contributed by atoms with Crippen LogP contribution in [0.1, 0.15) is 22.8 Å². The van der Waals surface area contributed by atoms with Gasteiger partial charge in [-0.2, -0.15) is 0 Å². The maximum atomic E-state index is 12.7. The summed E-state index contributed by atoms with van der Waals surface area (Å²) in [6, 6.07) is 7.69. The first-order chi connectivity index (χ1) is 11.4. The number of sulfonamides is 1. The summed E-state index contributed by atoms with van der Waals surface area (Å²) < 4.78 is 27.9. The summed E-state index contributed by atoms with van der Waals surface area (Å²) in [4.78, 5) is 18.1. The van der Waals surface area contributed by atoms with Gasteiger partial charge >= 0.3 is 5.97 Å². The lowest BCUT2D eigenvalue weighted by molar-refractivity contribution is 0.0697. The molecule has 124 valence electrons. The Kier molecular flexibility index (Phi) is 3.98. The van der Waals surface area contributed by atoms with Crippen LogP contribution in [0.4, 0.5) is 5.69 Å². The Morgan fingerprint density at radius 2 is 2.12 bits per heavy atom. The molecule has 24 heavy (non-hydrogen) atoms. The molecule has 0 radical (unpaired) electrons. The number of carboxylic acids is 1. The van der Waals surface area contributed by atoms with Crippen LogP contribution in [0.15, 0.2) is 47.6 Å². The first-order valence-electron chi connectivity index (χ1n) is 7.23. The van der Waals surface area contributed by atoms with E-state index < -0.39 is 16.0 Å². The molecule has 3 aromatic rings. The van der Waals surface area contributed by atoms with Crippen molar-refractivity contribution >= 4 is 32.7 Å². The van der Waals surface area contributed by atoms with Gasteiger partial charge in [-0.25, -0.2) is 18.2 Å². The van der Waals surface area contributed by atoms with Gasteiger partial charge in [-0.05, 0) is 36.2 Å². The van der Waals surface area contributed by atoms with Crippen LogP contribution in [-0.4, -0.2) is 29.5 Å². The molecule has 8 heteroatoms. The van der Waals surface area contributed by atoms with E-state index in [0.29, 0.717) is 23.0 Å². The Morgan fingerprint density at radius 1 is 1.33 bits per heavy atom. The monoisotopic (exact) mass is 345 g/mol. The summed E-state index contributed by atoms with van der Waals surface area (Å²) in [7, 11) is -3.89. The highest BCUT2D eigenvalue weighted by Crippen LogP contribution is 2.26. The van der Waals surface area contributed by atoms with Gasteiger partial charge in [0.25, 0.3) is 10.0 Å². The third kappa shape index (κ3) is 2.83. The minimum Gasteiger partial charge on any atom is -0.478 e. The number of nitrogens with one attached hydrogen (secondary N) is 2. The number of carboxylic acid groups (broad SMARTS) is 1. The van der Waals surface area contributed by atoms with Crippen LogP contribution in [0.3, 0.4) is 0 Å². The Balaban J connectivity index is 2.06. The number of aromatic carboxylic acids is 1. The number of aromatic nitrogens is 2. The molecule has 7 nitrogen and oxygen atoms in total. The maximum Gasteiger partial charge on any atom is 0.335 e. The summed E-state index contributed by atoms with van der Waals surface area (Å²) in [5.74, 6) is -1.12. The molecule has 1 aromatic carbocycles. The zero-order valence-electron chi connectivity index (χ0n) is 12.8. The fourth-order valence-electron chi connectivity index (χ4n) is 2.47. The van der Waals surface area contributed by atoms with Crippen LogP contribution in [0.2, 0.25) is 0 Å². The SMILES string of the molecule is CCc1ccc(C(=O)O)cc1NS(=O)(=O)c1c[nH]c2ncccc12. The molecule has 0 aliphatic rings. The predicted molar refractivity (Wildman–Crippen MR) is 89.7 cm³/mol. The number of nitrogens with zero attached hydrogens (tertiary/aromatic N) is 1. The number of benzene rings is 1. The minimum absolute atomic E-state index is 0.0190.